The molecular weight excluding hydrogens is 280 g/mol. The van der Waals surface area contributed by atoms with E-state index in [1.54, 1.807) is 11.8 Å². The molecule has 118 valence electrons. The van der Waals surface area contributed by atoms with Crippen molar-refractivity contribution >= 4 is 22.8 Å². The molecule has 1 aliphatic rings. The van der Waals surface area contributed by atoms with Gasteiger partial charge in [0.15, 0.2) is 0 Å². The van der Waals surface area contributed by atoms with Crippen molar-refractivity contribution in [2.75, 3.05) is 18.9 Å². The fourth-order valence-electron chi connectivity index (χ4n) is 2.62. The van der Waals surface area contributed by atoms with Gasteiger partial charge >= 0.3 is 0 Å². The van der Waals surface area contributed by atoms with Gasteiger partial charge in [-0.2, -0.15) is 0 Å². The lowest BCUT2D eigenvalue weighted by Crippen LogP contribution is -2.28. The van der Waals surface area contributed by atoms with Gasteiger partial charge in [0.05, 0.1) is 10.9 Å². The molecule has 0 atom stereocenters. The minimum Gasteiger partial charge on any atom is -0.442 e. The van der Waals surface area contributed by atoms with E-state index in [1.807, 2.05) is 14.0 Å². The van der Waals surface area contributed by atoms with E-state index in [9.17, 15) is 4.79 Å². The molecule has 0 unspecified atom stereocenters. The third-order valence-electron chi connectivity index (χ3n) is 4.20. The zero-order valence-electron chi connectivity index (χ0n) is 13.6. The molecule has 2 heterocycles. The summed E-state index contributed by atoms with van der Waals surface area (Å²) in [6.45, 7) is 6.71. The molecule has 0 saturated heterocycles. The Labute approximate surface area is 129 Å². The number of hydrogen-bond acceptors (Lipinski definition) is 5. The Kier molecular flexibility index (Phi) is 3.54. The minimum atomic E-state index is -0.0445. The van der Waals surface area contributed by atoms with Crippen LogP contribution in [-0.4, -0.2) is 39.9 Å². The molecule has 22 heavy (non-hydrogen) atoms. The summed E-state index contributed by atoms with van der Waals surface area (Å²) >= 11 is 0. The third kappa shape index (κ3) is 2.53. The van der Waals surface area contributed by atoms with E-state index in [1.165, 1.54) is 6.33 Å². The standard InChI is InChI=1S/C16H22N4O2/c1-5-8-20(4)15(21)11-10(2)22-14-12(11)13(17-9-18-14)19-16(3)6-7-16/h9H,5-8H2,1-4H3,(H,17,18,19). The van der Waals surface area contributed by atoms with Crippen LogP contribution in [0, 0.1) is 6.92 Å². The zero-order chi connectivity index (χ0) is 15.9. The molecule has 2 aromatic heterocycles. The van der Waals surface area contributed by atoms with Crippen LogP contribution in [0.1, 0.15) is 49.2 Å². The molecule has 0 aliphatic heterocycles. The Bertz CT molecular complexity index is 718. The van der Waals surface area contributed by atoms with Gasteiger partial charge in [0, 0.05) is 19.1 Å². The number of aromatic nitrogens is 2. The highest BCUT2D eigenvalue weighted by Gasteiger charge is 2.38. The lowest BCUT2D eigenvalue weighted by atomic mass is 10.1. The van der Waals surface area contributed by atoms with E-state index in [0.717, 1.165) is 19.3 Å². The van der Waals surface area contributed by atoms with Crippen LogP contribution >= 0.6 is 0 Å². The fraction of sp³-hybridized carbons (Fsp3) is 0.562. The SMILES string of the molecule is CCCN(C)C(=O)c1c(C)oc2ncnc(NC3(C)CC3)c12. The smallest absolute Gasteiger partial charge is 0.257 e. The van der Waals surface area contributed by atoms with Crippen LogP contribution in [-0.2, 0) is 0 Å². The Balaban J connectivity index is 2.08. The van der Waals surface area contributed by atoms with Crippen molar-refractivity contribution in [3.05, 3.63) is 17.7 Å². The summed E-state index contributed by atoms with van der Waals surface area (Å²) in [7, 11) is 1.81. The first-order valence-corrected chi connectivity index (χ1v) is 7.73. The molecule has 1 saturated carbocycles. The zero-order valence-corrected chi connectivity index (χ0v) is 13.6. The number of amides is 1. The number of furan rings is 1. The summed E-state index contributed by atoms with van der Waals surface area (Å²) in [5.74, 6) is 1.24. The first-order valence-electron chi connectivity index (χ1n) is 7.73. The number of nitrogens with zero attached hydrogens (tertiary/aromatic N) is 3. The summed E-state index contributed by atoms with van der Waals surface area (Å²) in [4.78, 5) is 23.0. The van der Waals surface area contributed by atoms with E-state index in [4.69, 9.17) is 4.42 Å². The van der Waals surface area contributed by atoms with Crippen molar-refractivity contribution in [1.82, 2.24) is 14.9 Å². The molecule has 1 aliphatic carbocycles. The number of carbonyl (C=O) groups excluding carboxylic acids is 1. The maximum atomic E-state index is 12.7. The van der Waals surface area contributed by atoms with Crippen LogP contribution in [0.15, 0.2) is 10.7 Å². The van der Waals surface area contributed by atoms with Gasteiger partial charge < -0.3 is 14.6 Å². The van der Waals surface area contributed by atoms with Gasteiger partial charge in [0.25, 0.3) is 5.91 Å². The number of rotatable bonds is 5. The predicted molar refractivity (Wildman–Crippen MR) is 85.1 cm³/mol. The second kappa shape index (κ2) is 5.26. The molecular formula is C16H22N4O2. The van der Waals surface area contributed by atoms with Crippen LogP contribution in [0.4, 0.5) is 5.82 Å². The number of hydrogen-bond donors (Lipinski definition) is 1. The topological polar surface area (TPSA) is 71.3 Å². The van der Waals surface area contributed by atoms with Crippen molar-refractivity contribution in [2.45, 2.75) is 45.6 Å². The maximum Gasteiger partial charge on any atom is 0.257 e. The van der Waals surface area contributed by atoms with Crippen LogP contribution in [0.5, 0.6) is 0 Å². The number of anilines is 1. The Morgan fingerprint density at radius 2 is 2.18 bits per heavy atom. The summed E-state index contributed by atoms with van der Waals surface area (Å²) in [5, 5.41) is 4.13. The second-order valence-electron chi connectivity index (χ2n) is 6.35. The molecule has 1 amide bonds. The Hall–Kier alpha value is -2.11. The number of nitrogens with one attached hydrogen (secondary N) is 1. The lowest BCUT2D eigenvalue weighted by molar-refractivity contribution is 0.0795. The van der Waals surface area contributed by atoms with E-state index in [-0.39, 0.29) is 11.4 Å². The number of carbonyl (C=O) groups is 1. The summed E-state index contributed by atoms with van der Waals surface area (Å²) in [6.07, 6.45) is 4.60. The normalized spacial score (nSPS) is 15.8. The quantitative estimate of drug-likeness (QED) is 0.919. The molecule has 2 aromatic rings. The first kappa shape index (κ1) is 14.8. The van der Waals surface area contributed by atoms with E-state index in [0.29, 0.717) is 34.8 Å². The van der Waals surface area contributed by atoms with Gasteiger partial charge in [-0.25, -0.2) is 9.97 Å². The van der Waals surface area contributed by atoms with E-state index in [2.05, 4.69) is 22.2 Å². The van der Waals surface area contributed by atoms with Gasteiger partial charge in [-0.3, -0.25) is 4.79 Å². The minimum absolute atomic E-state index is 0.0445. The molecule has 0 radical (unpaired) electrons. The average Bonchev–Trinajstić information content (AvgIpc) is 3.08. The van der Waals surface area contributed by atoms with Gasteiger partial charge in [0.1, 0.15) is 17.9 Å². The Morgan fingerprint density at radius 1 is 1.45 bits per heavy atom. The number of aryl methyl sites for hydroxylation is 1. The van der Waals surface area contributed by atoms with Gasteiger partial charge in [-0.15, -0.1) is 0 Å². The first-order chi connectivity index (χ1) is 10.4. The van der Waals surface area contributed by atoms with Crippen molar-refractivity contribution in [2.24, 2.45) is 0 Å². The van der Waals surface area contributed by atoms with E-state index < -0.39 is 0 Å². The van der Waals surface area contributed by atoms with Crippen LogP contribution in [0.3, 0.4) is 0 Å². The fourth-order valence-corrected chi connectivity index (χ4v) is 2.62. The van der Waals surface area contributed by atoms with Crippen molar-refractivity contribution < 1.29 is 9.21 Å². The van der Waals surface area contributed by atoms with Crippen molar-refractivity contribution in [1.29, 1.82) is 0 Å². The highest BCUT2D eigenvalue weighted by Crippen LogP contribution is 2.40. The monoisotopic (exact) mass is 302 g/mol. The van der Waals surface area contributed by atoms with Gasteiger partial charge in [-0.1, -0.05) is 6.92 Å². The van der Waals surface area contributed by atoms with Crippen LogP contribution in [0.25, 0.3) is 11.1 Å². The summed E-state index contributed by atoms with van der Waals surface area (Å²) in [5.41, 5.74) is 1.10. The predicted octanol–water partition coefficient (Wildman–Crippen LogP) is 2.98. The molecule has 0 spiro atoms. The molecule has 6 heteroatoms. The molecule has 1 N–H and O–H groups in total. The molecule has 1 fully saturated rings. The maximum absolute atomic E-state index is 12.7. The molecule has 3 rings (SSSR count). The highest BCUT2D eigenvalue weighted by molar-refractivity contribution is 6.10. The van der Waals surface area contributed by atoms with Crippen molar-refractivity contribution in [3.8, 4) is 0 Å². The van der Waals surface area contributed by atoms with E-state index >= 15 is 0 Å². The van der Waals surface area contributed by atoms with Gasteiger partial charge in [-0.05, 0) is 33.1 Å². The summed E-state index contributed by atoms with van der Waals surface area (Å²) < 4.78 is 5.69. The second-order valence-corrected chi connectivity index (χ2v) is 6.35. The Morgan fingerprint density at radius 3 is 2.82 bits per heavy atom. The largest absolute Gasteiger partial charge is 0.442 e. The highest BCUT2D eigenvalue weighted by atomic mass is 16.3. The molecule has 0 bridgehead atoms. The third-order valence-corrected chi connectivity index (χ3v) is 4.20. The molecule has 6 nitrogen and oxygen atoms in total. The molecule has 0 aromatic carbocycles. The number of fused-ring (bicyclic) bond motifs is 1. The van der Waals surface area contributed by atoms with Gasteiger partial charge in [0.2, 0.25) is 5.71 Å². The van der Waals surface area contributed by atoms with Crippen LogP contribution < -0.4 is 5.32 Å². The van der Waals surface area contributed by atoms with Crippen molar-refractivity contribution in [3.63, 3.8) is 0 Å². The lowest BCUT2D eigenvalue weighted by Gasteiger charge is -2.17. The average molecular weight is 302 g/mol. The van der Waals surface area contributed by atoms with Crippen LogP contribution in [0.2, 0.25) is 0 Å². The summed E-state index contributed by atoms with van der Waals surface area (Å²) in [6, 6.07) is 0.